The second-order valence-corrected chi connectivity index (χ2v) is 6.36. The van der Waals surface area contributed by atoms with Crippen LogP contribution in [0.15, 0.2) is 24.7 Å². The van der Waals surface area contributed by atoms with Gasteiger partial charge in [0.2, 0.25) is 5.91 Å². The molecule has 0 aromatic carbocycles. The molecule has 7 heteroatoms. The van der Waals surface area contributed by atoms with Crippen molar-refractivity contribution in [2.75, 3.05) is 7.05 Å². The van der Waals surface area contributed by atoms with Gasteiger partial charge in [0.15, 0.2) is 0 Å². The summed E-state index contributed by atoms with van der Waals surface area (Å²) >= 11 is 0. The van der Waals surface area contributed by atoms with Crippen molar-refractivity contribution in [1.82, 2.24) is 29.8 Å². The Balaban J connectivity index is 1.76. The van der Waals surface area contributed by atoms with Gasteiger partial charge in [-0.15, -0.1) is 0 Å². The van der Waals surface area contributed by atoms with Crippen molar-refractivity contribution < 1.29 is 4.79 Å². The first-order valence-corrected chi connectivity index (χ1v) is 7.95. The number of hydrogen-bond acceptors (Lipinski definition) is 4. The molecule has 124 valence electrons. The van der Waals surface area contributed by atoms with Crippen LogP contribution in [0.5, 0.6) is 0 Å². The third kappa shape index (κ3) is 3.01. The highest BCUT2D eigenvalue weighted by Crippen LogP contribution is 2.33. The molecule has 2 aromatic rings. The topological polar surface area (TPSA) is 68.0 Å². The van der Waals surface area contributed by atoms with Gasteiger partial charge in [0.1, 0.15) is 0 Å². The Bertz CT molecular complexity index is 677. The predicted molar refractivity (Wildman–Crippen MR) is 86.7 cm³/mol. The summed E-state index contributed by atoms with van der Waals surface area (Å²) in [5.74, 6) is 0.169. The van der Waals surface area contributed by atoms with Crippen LogP contribution in [0, 0.1) is 6.92 Å². The highest BCUT2D eigenvalue weighted by Gasteiger charge is 2.40. The number of likely N-dealkylation sites (N-methyl/N-ethyl adjacent to an activating group) is 1. The van der Waals surface area contributed by atoms with E-state index in [1.807, 2.05) is 53.7 Å². The molecule has 3 rings (SSSR count). The minimum atomic E-state index is 0.0243. The van der Waals surface area contributed by atoms with Gasteiger partial charge in [-0.3, -0.25) is 14.2 Å². The molecule has 0 spiro atoms. The summed E-state index contributed by atoms with van der Waals surface area (Å²) in [6.45, 7) is 4.95. The molecule has 3 atom stereocenters. The van der Waals surface area contributed by atoms with E-state index in [2.05, 4.69) is 22.4 Å². The molecule has 2 aromatic heterocycles. The molecular formula is C16H24N6O. The smallest absolute Gasteiger partial charge is 0.224 e. The quantitative estimate of drug-likeness (QED) is 0.889. The van der Waals surface area contributed by atoms with Crippen LogP contribution in [0.4, 0.5) is 0 Å². The molecule has 1 aliphatic heterocycles. The number of amides is 1. The van der Waals surface area contributed by atoms with Crippen LogP contribution in [0.25, 0.3) is 0 Å². The Kier molecular flexibility index (Phi) is 4.21. The standard InChI is InChI=1S/C16H24N6O/c1-11(10-22-7-5-6-17-22)19-14-8-15(23)20(3)16(14)13-9-18-21(4)12(13)2/h5-7,9,11,14,16,19H,8,10H2,1-4H3/t11-,14+,16-/m0/s1. The normalized spacial score (nSPS) is 22.8. The summed E-state index contributed by atoms with van der Waals surface area (Å²) in [4.78, 5) is 14.1. The molecule has 1 N–H and O–H groups in total. The maximum atomic E-state index is 12.2. The molecule has 1 saturated heterocycles. The fourth-order valence-electron chi connectivity index (χ4n) is 3.36. The molecule has 23 heavy (non-hydrogen) atoms. The van der Waals surface area contributed by atoms with E-state index < -0.39 is 0 Å². The number of hydrogen-bond donors (Lipinski definition) is 1. The number of likely N-dealkylation sites (tertiary alicyclic amines) is 1. The monoisotopic (exact) mass is 316 g/mol. The molecule has 0 unspecified atom stereocenters. The van der Waals surface area contributed by atoms with E-state index in [1.165, 1.54) is 0 Å². The van der Waals surface area contributed by atoms with Gasteiger partial charge < -0.3 is 10.2 Å². The van der Waals surface area contributed by atoms with Gasteiger partial charge in [-0.2, -0.15) is 10.2 Å². The zero-order chi connectivity index (χ0) is 16.6. The molecule has 1 fully saturated rings. The van der Waals surface area contributed by atoms with Gasteiger partial charge in [-0.1, -0.05) is 0 Å². The minimum Gasteiger partial charge on any atom is -0.337 e. The van der Waals surface area contributed by atoms with Crippen molar-refractivity contribution in [3.05, 3.63) is 35.9 Å². The molecule has 3 heterocycles. The zero-order valence-electron chi connectivity index (χ0n) is 14.1. The molecule has 0 saturated carbocycles. The lowest BCUT2D eigenvalue weighted by molar-refractivity contribution is -0.127. The van der Waals surface area contributed by atoms with Gasteiger partial charge in [-0.25, -0.2) is 0 Å². The van der Waals surface area contributed by atoms with Crippen molar-refractivity contribution >= 4 is 5.91 Å². The van der Waals surface area contributed by atoms with Crippen LogP contribution >= 0.6 is 0 Å². The van der Waals surface area contributed by atoms with Gasteiger partial charge in [0.05, 0.1) is 18.8 Å². The highest BCUT2D eigenvalue weighted by atomic mass is 16.2. The van der Waals surface area contributed by atoms with Gasteiger partial charge in [0.25, 0.3) is 0 Å². The second-order valence-electron chi connectivity index (χ2n) is 6.36. The van der Waals surface area contributed by atoms with Crippen LogP contribution in [-0.2, 0) is 18.4 Å². The SMILES string of the molecule is Cc1c([C@H]2[C@H](N[C@@H](C)Cn3cccn3)CC(=O)N2C)cnn1C. The van der Waals surface area contributed by atoms with Crippen molar-refractivity contribution in [1.29, 1.82) is 0 Å². The Morgan fingerprint density at radius 3 is 2.78 bits per heavy atom. The van der Waals surface area contributed by atoms with Crippen LogP contribution < -0.4 is 5.32 Å². The van der Waals surface area contributed by atoms with Crippen LogP contribution in [0.2, 0.25) is 0 Å². The summed E-state index contributed by atoms with van der Waals surface area (Å²) < 4.78 is 3.76. The van der Waals surface area contributed by atoms with Crippen molar-refractivity contribution in [3.63, 3.8) is 0 Å². The number of aryl methyl sites for hydroxylation is 1. The Hall–Kier alpha value is -2.15. The van der Waals surface area contributed by atoms with Gasteiger partial charge >= 0.3 is 0 Å². The second kappa shape index (κ2) is 6.16. The van der Waals surface area contributed by atoms with Crippen molar-refractivity contribution in [3.8, 4) is 0 Å². The van der Waals surface area contributed by atoms with Crippen LogP contribution in [0.1, 0.15) is 30.6 Å². The lowest BCUT2D eigenvalue weighted by Crippen LogP contribution is -2.42. The summed E-state index contributed by atoms with van der Waals surface area (Å²) in [6, 6.07) is 2.25. The number of carbonyl (C=O) groups is 1. The average Bonchev–Trinajstić information content (AvgIpc) is 3.17. The molecule has 0 radical (unpaired) electrons. The predicted octanol–water partition coefficient (Wildman–Crippen LogP) is 0.875. The largest absolute Gasteiger partial charge is 0.337 e. The molecule has 1 aliphatic rings. The van der Waals surface area contributed by atoms with E-state index >= 15 is 0 Å². The van der Waals surface area contributed by atoms with E-state index in [-0.39, 0.29) is 24.0 Å². The molecule has 7 nitrogen and oxygen atoms in total. The summed E-state index contributed by atoms with van der Waals surface area (Å²) in [6.07, 6.45) is 6.12. The molecule has 0 bridgehead atoms. The fourth-order valence-corrected chi connectivity index (χ4v) is 3.36. The van der Waals surface area contributed by atoms with Crippen LogP contribution in [-0.4, -0.2) is 49.5 Å². The Morgan fingerprint density at radius 2 is 2.17 bits per heavy atom. The van der Waals surface area contributed by atoms with Crippen LogP contribution in [0.3, 0.4) is 0 Å². The number of aromatic nitrogens is 4. The third-order valence-electron chi connectivity index (χ3n) is 4.70. The van der Waals surface area contributed by atoms with E-state index in [0.717, 1.165) is 17.8 Å². The Labute approximate surface area is 136 Å². The van der Waals surface area contributed by atoms with Gasteiger partial charge in [-0.05, 0) is 19.9 Å². The molecular weight excluding hydrogens is 292 g/mol. The van der Waals surface area contributed by atoms with E-state index in [0.29, 0.717) is 6.42 Å². The lowest BCUT2D eigenvalue weighted by atomic mass is 10.00. The minimum absolute atomic E-state index is 0.0243. The maximum Gasteiger partial charge on any atom is 0.224 e. The number of carbonyl (C=O) groups excluding carboxylic acids is 1. The maximum absolute atomic E-state index is 12.2. The third-order valence-corrected chi connectivity index (χ3v) is 4.70. The summed E-state index contributed by atoms with van der Waals surface area (Å²) in [5.41, 5.74) is 2.22. The lowest BCUT2D eigenvalue weighted by Gasteiger charge is -2.28. The highest BCUT2D eigenvalue weighted by molar-refractivity contribution is 5.80. The van der Waals surface area contributed by atoms with E-state index in [1.54, 1.807) is 6.20 Å². The van der Waals surface area contributed by atoms with Gasteiger partial charge in [0, 0.05) is 56.3 Å². The summed E-state index contributed by atoms with van der Waals surface area (Å²) in [5, 5.41) is 12.2. The zero-order valence-corrected chi connectivity index (χ0v) is 14.1. The molecule has 0 aliphatic carbocycles. The number of nitrogens with one attached hydrogen (secondary N) is 1. The van der Waals surface area contributed by atoms with E-state index in [4.69, 9.17) is 0 Å². The number of nitrogens with zero attached hydrogens (tertiary/aromatic N) is 5. The molecule has 1 amide bonds. The van der Waals surface area contributed by atoms with E-state index in [9.17, 15) is 4.79 Å². The first-order chi connectivity index (χ1) is 11.0. The van der Waals surface area contributed by atoms with Crippen molar-refractivity contribution in [2.24, 2.45) is 7.05 Å². The van der Waals surface area contributed by atoms with Crippen molar-refractivity contribution in [2.45, 2.75) is 44.9 Å². The first kappa shape index (κ1) is 15.7. The fraction of sp³-hybridized carbons (Fsp3) is 0.562. The Morgan fingerprint density at radius 1 is 1.39 bits per heavy atom. The number of rotatable bonds is 5. The average molecular weight is 316 g/mol. The summed E-state index contributed by atoms with van der Waals surface area (Å²) in [7, 11) is 3.80. The first-order valence-electron chi connectivity index (χ1n) is 7.95.